The summed E-state index contributed by atoms with van der Waals surface area (Å²) in [6.45, 7) is 3.47. The zero-order valence-electron chi connectivity index (χ0n) is 11.6. The number of nitrogens with zero attached hydrogens (tertiary/aromatic N) is 2. The summed E-state index contributed by atoms with van der Waals surface area (Å²) in [4.78, 5) is 6.78. The number of rotatable bonds is 5. The Morgan fingerprint density at radius 1 is 1.11 bits per heavy atom. The van der Waals surface area contributed by atoms with Gasteiger partial charge in [0.15, 0.2) is 0 Å². The third-order valence-electron chi connectivity index (χ3n) is 3.26. The first-order valence-electron chi connectivity index (χ1n) is 6.62. The SMILES string of the molecule is Cc1ccc(CN)c(N(C)CCc2ccccc2)n1. The molecule has 3 heteroatoms. The first-order chi connectivity index (χ1) is 9.20. The zero-order valence-corrected chi connectivity index (χ0v) is 11.6. The lowest BCUT2D eigenvalue weighted by molar-refractivity contribution is 0.842. The van der Waals surface area contributed by atoms with E-state index >= 15 is 0 Å². The summed E-state index contributed by atoms with van der Waals surface area (Å²) < 4.78 is 0. The molecule has 0 spiro atoms. The van der Waals surface area contributed by atoms with Gasteiger partial charge in [0.2, 0.25) is 0 Å². The van der Waals surface area contributed by atoms with Crippen molar-refractivity contribution in [2.24, 2.45) is 5.73 Å². The number of anilines is 1. The molecule has 1 heterocycles. The normalized spacial score (nSPS) is 10.5. The summed E-state index contributed by atoms with van der Waals surface area (Å²) in [6, 6.07) is 14.6. The summed E-state index contributed by atoms with van der Waals surface area (Å²) in [6.07, 6.45) is 1.01. The molecule has 0 saturated heterocycles. The van der Waals surface area contributed by atoms with E-state index in [2.05, 4.69) is 47.3 Å². The predicted molar refractivity (Wildman–Crippen MR) is 80.3 cm³/mol. The van der Waals surface area contributed by atoms with Gasteiger partial charge in [0.25, 0.3) is 0 Å². The lowest BCUT2D eigenvalue weighted by Gasteiger charge is -2.21. The monoisotopic (exact) mass is 255 g/mol. The van der Waals surface area contributed by atoms with Gasteiger partial charge in [-0.1, -0.05) is 36.4 Å². The van der Waals surface area contributed by atoms with Crippen LogP contribution in [0.1, 0.15) is 16.8 Å². The molecule has 2 N–H and O–H groups in total. The van der Waals surface area contributed by atoms with E-state index in [9.17, 15) is 0 Å². The summed E-state index contributed by atoms with van der Waals surface area (Å²) in [5.41, 5.74) is 9.25. The van der Waals surface area contributed by atoms with E-state index < -0.39 is 0 Å². The zero-order chi connectivity index (χ0) is 13.7. The number of pyridine rings is 1. The summed E-state index contributed by atoms with van der Waals surface area (Å²) in [7, 11) is 2.07. The van der Waals surface area contributed by atoms with Crippen molar-refractivity contribution in [2.45, 2.75) is 19.9 Å². The molecule has 0 saturated carbocycles. The fourth-order valence-corrected chi connectivity index (χ4v) is 2.11. The Hall–Kier alpha value is -1.87. The van der Waals surface area contributed by atoms with Crippen LogP contribution in [0.5, 0.6) is 0 Å². The number of nitrogens with two attached hydrogens (primary N) is 1. The predicted octanol–water partition coefficient (Wildman–Crippen LogP) is 2.53. The molecule has 19 heavy (non-hydrogen) atoms. The molecule has 3 nitrogen and oxygen atoms in total. The van der Waals surface area contributed by atoms with Gasteiger partial charge in [-0.15, -0.1) is 0 Å². The Kier molecular flexibility index (Phi) is 4.53. The van der Waals surface area contributed by atoms with Crippen LogP contribution in [-0.4, -0.2) is 18.6 Å². The molecule has 0 amide bonds. The highest BCUT2D eigenvalue weighted by molar-refractivity contribution is 5.47. The van der Waals surface area contributed by atoms with Crippen LogP contribution in [0.2, 0.25) is 0 Å². The molecule has 0 aliphatic carbocycles. The Balaban J connectivity index is 2.07. The third kappa shape index (κ3) is 3.55. The molecule has 100 valence electrons. The van der Waals surface area contributed by atoms with Crippen LogP contribution in [0, 0.1) is 6.92 Å². The van der Waals surface area contributed by atoms with Crippen molar-refractivity contribution < 1.29 is 0 Å². The lowest BCUT2D eigenvalue weighted by Crippen LogP contribution is -2.23. The Bertz CT molecular complexity index is 523. The molecule has 0 unspecified atom stereocenters. The van der Waals surface area contributed by atoms with Gasteiger partial charge in [0.05, 0.1) is 0 Å². The minimum absolute atomic E-state index is 0.526. The van der Waals surface area contributed by atoms with Crippen molar-refractivity contribution >= 4 is 5.82 Å². The van der Waals surface area contributed by atoms with Crippen LogP contribution in [0.15, 0.2) is 42.5 Å². The standard InChI is InChI=1S/C16H21N3/c1-13-8-9-15(12-17)16(18-13)19(2)11-10-14-6-4-3-5-7-14/h3-9H,10-12,17H2,1-2H3. The second kappa shape index (κ2) is 6.34. The largest absolute Gasteiger partial charge is 0.359 e. The van der Waals surface area contributed by atoms with E-state index in [0.29, 0.717) is 6.54 Å². The maximum atomic E-state index is 5.78. The quantitative estimate of drug-likeness (QED) is 0.892. The van der Waals surface area contributed by atoms with Gasteiger partial charge in [-0.3, -0.25) is 0 Å². The van der Waals surface area contributed by atoms with Crippen LogP contribution in [-0.2, 0) is 13.0 Å². The van der Waals surface area contributed by atoms with Gasteiger partial charge in [0.1, 0.15) is 5.82 Å². The molecule has 0 atom stereocenters. The molecule has 0 fully saturated rings. The van der Waals surface area contributed by atoms with E-state index in [1.165, 1.54) is 5.56 Å². The first-order valence-corrected chi connectivity index (χ1v) is 6.62. The average molecular weight is 255 g/mol. The Morgan fingerprint density at radius 3 is 2.53 bits per heavy atom. The van der Waals surface area contributed by atoms with Gasteiger partial charge in [-0.25, -0.2) is 4.98 Å². The van der Waals surface area contributed by atoms with E-state index in [4.69, 9.17) is 5.73 Å². The van der Waals surface area contributed by atoms with E-state index in [0.717, 1.165) is 30.0 Å². The second-order valence-electron chi connectivity index (χ2n) is 4.80. The molecular weight excluding hydrogens is 234 g/mol. The maximum absolute atomic E-state index is 5.78. The minimum atomic E-state index is 0.526. The van der Waals surface area contributed by atoms with E-state index in [1.54, 1.807) is 0 Å². The molecule has 1 aromatic carbocycles. The van der Waals surface area contributed by atoms with E-state index in [1.807, 2.05) is 19.1 Å². The van der Waals surface area contributed by atoms with Crippen molar-refractivity contribution in [1.82, 2.24) is 4.98 Å². The van der Waals surface area contributed by atoms with Gasteiger partial charge >= 0.3 is 0 Å². The molecule has 0 aliphatic rings. The van der Waals surface area contributed by atoms with Crippen molar-refractivity contribution in [3.05, 3.63) is 59.3 Å². The number of benzene rings is 1. The minimum Gasteiger partial charge on any atom is -0.359 e. The number of likely N-dealkylation sites (N-methyl/N-ethyl adjacent to an activating group) is 1. The summed E-state index contributed by atoms with van der Waals surface area (Å²) in [5, 5.41) is 0. The Labute approximate surface area is 115 Å². The van der Waals surface area contributed by atoms with Crippen LogP contribution in [0.25, 0.3) is 0 Å². The highest BCUT2D eigenvalue weighted by Crippen LogP contribution is 2.17. The van der Waals surface area contributed by atoms with Crippen LogP contribution < -0.4 is 10.6 Å². The van der Waals surface area contributed by atoms with Crippen LogP contribution in [0.3, 0.4) is 0 Å². The molecular formula is C16H21N3. The Morgan fingerprint density at radius 2 is 1.84 bits per heavy atom. The second-order valence-corrected chi connectivity index (χ2v) is 4.80. The third-order valence-corrected chi connectivity index (χ3v) is 3.26. The highest BCUT2D eigenvalue weighted by Gasteiger charge is 2.08. The molecule has 0 bridgehead atoms. The first kappa shape index (κ1) is 13.6. The molecule has 2 aromatic rings. The molecule has 1 aromatic heterocycles. The van der Waals surface area contributed by atoms with Crippen molar-refractivity contribution in [2.75, 3.05) is 18.5 Å². The fourth-order valence-electron chi connectivity index (χ4n) is 2.11. The lowest BCUT2D eigenvalue weighted by atomic mass is 10.1. The van der Waals surface area contributed by atoms with E-state index in [-0.39, 0.29) is 0 Å². The van der Waals surface area contributed by atoms with Gasteiger partial charge < -0.3 is 10.6 Å². The number of aromatic nitrogens is 1. The number of aryl methyl sites for hydroxylation is 1. The van der Waals surface area contributed by atoms with Gasteiger partial charge in [-0.2, -0.15) is 0 Å². The van der Waals surface area contributed by atoms with Crippen molar-refractivity contribution in [1.29, 1.82) is 0 Å². The van der Waals surface area contributed by atoms with Crippen LogP contribution >= 0.6 is 0 Å². The number of hydrogen-bond acceptors (Lipinski definition) is 3. The smallest absolute Gasteiger partial charge is 0.133 e. The summed E-state index contributed by atoms with van der Waals surface area (Å²) >= 11 is 0. The van der Waals surface area contributed by atoms with Crippen molar-refractivity contribution in [3.8, 4) is 0 Å². The van der Waals surface area contributed by atoms with Gasteiger partial charge in [0, 0.05) is 31.4 Å². The molecule has 0 aliphatic heterocycles. The highest BCUT2D eigenvalue weighted by atomic mass is 15.2. The van der Waals surface area contributed by atoms with Crippen molar-refractivity contribution in [3.63, 3.8) is 0 Å². The summed E-state index contributed by atoms with van der Waals surface area (Å²) in [5.74, 6) is 0.999. The fraction of sp³-hybridized carbons (Fsp3) is 0.312. The average Bonchev–Trinajstić information content (AvgIpc) is 2.46. The van der Waals surface area contributed by atoms with Crippen LogP contribution in [0.4, 0.5) is 5.82 Å². The topological polar surface area (TPSA) is 42.1 Å². The number of hydrogen-bond donors (Lipinski definition) is 1. The molecule has 0 radical (unpaired) electrons. The maximum Gasteiger partial charge on any atom is 0.133 e. The molecule has 2 rings (SSSR count). The van der Waals surface area contributed by atoms with Gasteiger partial charge in [-0.05, 0) is 25.0 Å².